The maximum atomic E-state index is 11.8. The van der Waals surface area contributed by atoms with Gasteiger partial charge in [-0.1, -0.05) is 0 Å². The Kier molecular flexibility index (Phi) is 3.86. The maximum Gasteiger partial charge on any atom is 0.343 e. The van der Waals surface area contributed by atoms with Crippen LogP contribution >= 0.6 is 15.9 Å². The predicted octanol–water partition coefficient (Wildman–Crippen LogP) is 2.97. The Labute approximate surface area is 116 Å². The molecule has 0 radical (unpaired) electrons. The second kappa shape index (κ2) is 5.57. The van der Waals surface area contributed by atoms with E-state index in [0.29, 0.717) is 4.60 Å². The molecule has 0 atom stereocenters. The van der Waals surface area contributed by atoms with E-state index >= 15 is 0 Å². The minimum Gasteiger partial charge on any atom is -0.420 e. The minimum atomic E-state index is -0.608. The third-order valence-corrected chi connectivity index (χ3v) is 2.84. The number of esters is 1. The zero-order valence-electron chi connectivity index (χ0n) is 9.45. The van der Waals surface area contributed by atoms with Crippen LogP contribution in [0.25, 0.3) is 0 Å². The molecular weight excluding hydrogens is 316 g/mol. The van der Waals surface area contributed by atoms with Crippen molar-refractivity contribution in [3.8, 4) is 5.75 Å². The van der Waals surface area contributed by atoms with Crippen LogP contribution in [0.2, 0.25) is 0 Å². The van der Waals surface area contributed by atoms with Crippen LogP contribution in [0.4, 0.5) is 5.69 Å². The van der Waals surface area contributed by atoms with E-state index < -0.39 is 10.9 Å². The number of aromatic nitrogens is 1. The van der Waals surface area contributed by atoms with Gasteiger partial charge in [0.2, 0.25) is 0 Å². The first-order chi connectivity index (χ1) is 9.08. The highest BCUT2D eigenvalue weighted by molar-refractivity contribution is 9.10. The molecule has 1 heterocycles. The van der Waals surface area contributed by atoms with E-state index in [-0.39, 0.29) is 17.0 Å². The normalized spacial score (nSPS) is 9.95. The van der Waals surface area contributed by atoms with Gasteiger partial charge in [-0.25, -0.2) is 9.78 Å². The van der Waals surface area contributed by atoms with Gasteiger partial charge in [0, 0.05) is 18.3 Å². The molecule has 7 heteroatoms. The van der Waals surface area contributed by atoms with Crippen LogP contribution in [0.15, 0.2) is 47.2 Å². The molecule has 0 saturated carbocycles. The van der Waals surface area contributed by atoms with Crippen molar-refractivity contribution < 1.29 is 14.5 Å². The van der Waals surface area contributed by atoms with Crippen molar-refractivity contribution in [3.05, 3.63) is 62.9 Å². The first-order valence-corrected chi connectivity index (χ1v) is 5.94. The number of nitro benzene ring substituents is 1. The average Bonchev–Trinajstić information content (AvgIpc) is 2.41. The van der Waals surface area contributed by atoms with Crippen molar-refractivity contribution in [3.63, 3.8) is 0 Å². The van der Waals surface area contributed by atoms with E-state index in [1.54, 1.807) is 18.3 Å². The number of rotatable bonds is 3. The molecule has 0 fully saturated rings. The summed E-state index contributed by atoms with van der Waals surface area (Å²) >= 11 is 3.15. The Balaban J connectivity index is 2.16. The molecule has 96 valence electrons. The van der Waals surface area contributed by atoms with Crippen LogP contribution in [0.3, 0.4) is 0 Å². The lowest BCUT2D eigenvalue weighted by atomic mass is 10.2. The fourth-order valence-corrected chi connectivity index (χ4v) is 1.66. The van der Waals surface area contributed by atoms with Gasteiger partial charge in [0.05, 0.1) is 10.5 Å². The van der Waals surface area contributed by atoms with Crippen molar-refractivity contribution in [1.29, 1.82) is 0 Å². The summed E-state index contributed by atoms with van der Waals surface area (Å²) in [5.41, 5.74) is 0.139. The fraction of sp³-hybridized carbons (Fsp3) is 0. The number of carbonyl (C=O) groups is 1. The lowest BCUT2D eigenvalue weighted by Crippen LogP contribution is -2.09. The van der Waals surface area contributed by atoms with Crippen molar-refractivity contribution in [2.75, 3.05) is 0 Å². The van der Waals surface area contributed by atoms with E-state index in [9.17, 15) is 14.9 Å². The number of non-ortho nitro benzene ring substituents is 1. The zero-order valence-corrected chi connectivity index (χ0v) is 11.0. The molecule has 2 rings (SSSR count). The first-order valence-electron chi connectivity index (χ1n) is 5.15. The summed E-state index contributed by atoms with van der Waals surface area (Å²) in [7, 11) is 0. The van der Waals surface area contributed by atoms with Gasteiger partial charge in [-0.3, -0.25) is 10.1 Å². The van der Waals surface area contributed by atoms with Gasteiger partial charge >= 0.3 is 5.97 Å². The van der Waals surface area contributed by atoms with Crippen molar-refractivity contribution in [2.45, 2.75) is 0 Å². The summed E-state index contributed by atoms with van der Waals surface area (Å²) in [6, 6.07) is 8.38. The number of benzene rings is 1. The monoisotopic (exact) mass is 322 g/mol. The van der Waals surface area contributed by atoms with Gasteiger partial charge in [0.25, 0.3) is 5.69 Å². The summed E-state index contributed by atoms with van der Waals surface area (Å²) < 4.78 is 5.52. The molecule has 0 saturated heterocycles. The van der Waals surface area contributed by atoms with E-state index in [1.807, 2.05) is 0 Å². The van der Waals surface area contributed by atoms with Crippen LogP contribution in [-0.2, 0) is 0 Å². The van der Waals surface area contributed by atoms with Gasteiger partial charge in [-0.05, 0) is 40.2 Å². The molecule has 0 spiro atoms. The van der Waals surface area contributed by atoms with Crippen LogP contribution in [-0.4, -0.2) is 15.9 Å². The van der Waals surface area contributed by atoms with Crippen LogP contribution < -0.4 is 4.74 Å². The second-order valence-corrected chi connectivity index (χ2v) is 4.24. The summed E-state index contributed by atoms with van der Waals surface area (Å²) in [5.74, 6) is -0.325. The summed E-state index contributed by atoms with van der Waals surface area (Å²) in [5, 5.41) is 10.5. The Hall–Kier alpha value is -2.28. The molecule has 0 unspecified atom stereocenters. The minimum absolute atomic E-state index is 0.0842. The van der Waals surface area contributed by atoms with Crippen molar-refractivity contribution in [1.82, 2.24) is 4.98 Å². The molecular formula is C12H7BrN2O4. The average molecular weight is 323 g/mol. The number of nitrogens with zero attached hydrogens (tertiary/aromatic N) is 2. The van der Waals surface area contributed by atoms with Gasteiger partial charge in [-0.15, -0.1) is 0 Å². The molecule has 6 nitrogen and oxygen atoms in total. The Morgan fingerprint density at radius 2 is 1.95 bits per heavy atom. The standard InChI is InChI=1S/C12H7BrN2O4/c13-11-10(2-1-7-14-11)19-12(16)8-3-5-9(6-4-8)15(17)18/h1-7H. The van der Waals surface area contributed by atoms with E-state index in [0.717, 1.165) is 0 Å². The Bertz CT molecular complexity index is 628. The van der Waals surface area contributed by atoms with Gasteiger partial charge in [-0.2, -0.15) is 0 Å². The lowest BCUT2D eigenvalue weighted by molar-refractivity contribution is -0.384. The van der Waals surface area contributed by atoms with E-state index in [4.69, 9.17) is 4.74 Å². The third kappa shape index (κ3) is 3.14. The second-order valence-electron chi connectivity index (χ2n) is 3.49. The van der Waals surface area contributed by atoms with Crippen LogP contribution in [0.1, 0.15) is 10.4 Å². The van der Waals surface area contributed by atoms with Crippen LogP contribution in [0, 0.1) is 10.1 Å². The lowest BCUT2D eigenvalue weighted by Gasteiger charge is -2.05. The van der Waals surface area contributed by atoms with E-state index in [2.05, 4.69) is 20.9 Å². The highest BCUT2D eigenvalue weighted by Crippen LogP contribution is 2.22. The maximum absolute atomic E-state index is 11.8. The fourth-order valence-electron chi connectivity index (χ4n) is 1.33. The number of hydrogen-bond donors (Lipinski definition) is 0. The topological polar surface area (TPSA) is 82.3 Å². The molecule has 0 aliphatic carbocycles. The molecule has 1 aromatic heterocycles. The zero-order chi connectivity index (χ0) is 13.8. The molecule has 0 aliphatic heterocycles. The summed E-state index contributed by atoms with van der Waals surface area (Å²) in [6.45, 7) is 0. The predicted molar refractivity (Wildman–Crippen MR) is 70.0 cm³/mol. The number of hydrogen-bond acceptors (Lipinski definition) is 5. The Morgan fingerprint density at radius 3 is 2.53 bits per heavy atom. The number of ether oxygens (including phenoxy) is 1. The first kappa shape index (κ1) is 13.2. The quantitative estimate of drug-likeness (QED) is 0.375. The molecule has 1 aromatic carbocycles. The number of carbonyl (C=O) groups excluding carboxylic acids is 1. The molecule has 0 bridgehead atoms. The van der Waals surface area contributed by atoms with Gasteiger partial charge in [0.1, 0.15) is 4.60 Å². The molecule has 0 N–H and O–H groups in total. The molecule has 19 heavy (non-hydrogen) atoms. The number of pyridine rings is 1. The van der Waals surface area contributed by atoms with Crippen LogP contribution in [0.5, 0.6) is 5.75 Å². The van der Waals surface area contributed by atoms with Gasteiger partial charge in [0.15, 0.2) is 5.75 Å². The largest absolute Gasteiger partial charge is 0.420 e. The Morgan fingerprint density at radius 1 is 1.26 bits per heavy atom. The highest BCUT2D eigenvalue weighted by Gasteiger charge is 2.13. The van der Waals surface area contributed by atoms with Crippen molar-refractivity contribution >= 4 is 27.6 Å². The number of nitro groups is 1. The summed E-state index contributed by atoms with van der Waals surface area (Å²) in [6.07, 6.45) is 1.55. The third-order valence-electron chi connectivity index (χ3n) is 2.24. The SMILES string of the molecule is O=C(Oc1cccnc1Br)c1ccc([N+](=O)[O-])cc1. The van der Waals surface area contributed by atoms with E-state index in [1.165, 1.54) is 24.3 Å². The van der Waals surface area contributed by atoms with Crippen molar-refractivity contribution in [2.24, 2.45) is 0 Å². The van der Waals surface area contributed by atoms with Gasteiger partial charge < -0.3 is 4.74 Å². The number of halogens is 1. The summed E-state index contributed by atoms with van der Waals surface area (Å²) in [4.78, 5) is 25.7. The smallest absolute Gasteiger partial charge is 0.343 e. The molecule has 2 aromatic rings. The highest BCUT2D eigenvalue weighted by atomic mass is 79.9. The molecule has 0 amide bonds. The molecule has 0 aliphatic rings.